The van der Waals surface area contributed by atoms with Gasteiger partial charge in [-0.1, -0.05) is 0 Å². The number of carbonyl (C=O) groups excluding carboxylic acids is 1. The van der Waals surface area contributed by atoms with Gasteiger partial charge in [-0.25, -0.2) is 9.18 Å². The molecule has 0 aromatic heterocycles. The van der Waals surface area contributed by atoms with E-state index in [-0.39, 0.29) is 11.1 Å². The molecule has 1 rings (SSSR count). The predicted molar refractivity (Wildman–Crippen MR) is 59.0 cm³/mol. The van der Waals surface area contributed by atoms with Gasteiger partial charge in [-0.2, -0.15) is 8.78 Å². The van der Waals surface area contributed by atoms with Crippen LogP contribution in [0.5, 0.6) is 0 Å². The molecule has 94 valence electrons. The van der Waals surface area contributed by atoms with Crippen LogP contribution in [0.15, 0.2) is 16.6 Å². The molecule has 0 unspecified atom stereocenters. The van der Waals surface area contributed by atoms with E-state index in [0.29, 0.717) is 6.07 Å². The van der Waals surface area contributed by atoms with Gasteiger partial charge in [-0.15, -0.1) is 0 Å². The Morgan fingerprint density at radius 3 is 2.65 bits per heavy atom. The van der Waals surface area contributed by atoms with Gasteiger partial charge in [0, 0.05) is 4.47 Å². The fourth-order valence-electron chi connectivity index (χ4n) is 1.18. The summed E-state index contributed by atoms with van der Waals surface area (Å²) in [6.07, 6.45) is 0. The molecular formula is C10H9BrF3NO2. The number of anilines is 1. The zero-order valence-electron chi connectivity index (χ0n) is 8.77. The molecule has 0 heterocycles. The van der Waals surface area contributed by atoms with E-state index in [9.17, 15) is 18.0 Å². The predicted octanol–water partition coefficient (Wildman–Crippen LogP) is 2.83. The second kappa shape index (κ2) is 4.95. The fraction of sp³-hybridized carbons (Fsp3) is 0.300. The zero-order chi connectivity index (χ0) is 13.2. The lowest BCUT2D eigenvalue weighted by atomic mass is 10.1. The maximum absolute atomic E-state index is 13.6. The number of nitrogen functional groups attached to an aromatic ring is 1. The first kappa shape index (κ1) is 13.8. The highest BCUT2D eigenvalue weighted by molar-refractivity contribution is 9.10. The minimum Gasteiger partial charge on any atom is -0.461 e. The number of rotatable bonds is 3. The van der Waals surface area contributed by atoms with Crippen LogP contribution in [0.3, 0.4) is 0 Å². The van der Waals surface area contributed by atoms with Crippen LogP contribution in [0, 0.1) is 5.82 Å². The van der Waals surface area contributed by atoms with E-state index in [4.69, 9.17) is 5.73 Å². The average Bonchev–Trinajstić information content (AvgIpc) is 2.23. The molecule has 0 aliphatic carbocycles. The molecule has 1 aromatic rings. The summed E-state index contributed by atoms with van der Waals surface area (Å²) in [5, 5.41) is 0. The Labute approximate surface area is 104 Å². The van der Waals surface area contributed by atoms with Crippen molar-refractivity contribution >= 4 is 27.6 Å². The van der Waals surface area contributed by atoms with E-state index in [2.05, 4.69) is 20.7 Å². The number of hydrogen-bond donors (Lipinski definition) is 1. The molecule has 0 amide bonds. The first-order valence-electron chi connectivity index (χ1n) is 4.60. The zero-order valence-corrected chi connectivity index (χ0v) is 10.4. The largest absolute Gasteiger partial charge is 0.461 e. The molecule has 7 heteroatoms. The Bertz CT molecular complexity index is 451. The lowest BCUT2D eigenvalue weighted by Crippen LogP contribution is -2.29. The number of esters is 1. The summed E-state index contributed by atoms with van der Waals surface area (Å²) < 4.78 is 44.4. The van der Waals surface area contributed by atoms with Crippen LogP contribution in [0.4, 0.5) is 18.9 Å². The van der Waals surface area contributed by atoms with E-state index in [1.807, 2.05) is 0 Å². The first-order valence-corrected chi connectivity index (χ1v) is 5.40. The average molecular weight is 312 g/mol. The normalized spacial score (nSPS) is 11.4. The summed E-state index contributed by atoms with van der Waals surface area (Å²) in [7, 11) is 0. The minimum atomic E-state index is -3.98. The van der Waals surface area contributed by atoms with Crippen molar-refractivity contribution in [3.05, 3.63) is 28.0 Å². The Morgan fingerprint density at radius 2 is 2.12 bits per heavy atom. The maximum Gasteiger partial charge on any atom is 0.382 e. The SMILES string of the molecule is CCOC(=O)C(F)(F)c1cc(F)cc(Br)c1N. The molecule has 0 atom stereocenters. The summed E-state index contributed by atoms with van der Waals surface area (Å²) in [6, 6.07) is 1.44. The number of benzene rings is 1. The number of ether oxygens (including phenoxy) is 1. The van der Waals surface area contributed by atoms with Gasteiger partial charge in [0.1, 0.15) is 5.82 Å². The molecule has 17 heavy (non-hydrogen) atoms. The van der Waals surface area contributed by atoms with Gasteiger partial charge in [-0.05, 0) is 35.0 Å². The second-order valence-electron chi connectivity index (χ2n) is 3.14. The topological polar surface area (TPSA) is 52.3 Å². The molecule has 1 aromatic carbocycles. The Morgan fingerprint density at radius 1 is 1.53 bits per heavy atom. The highest BCUT2D eigenvalue weighted by Crippen LogP contribution is 2.37. The number of halogens is 4. The minimum absolute atomic E-state index is 0.0449. The van der Waals surface area contributed by atoms with Gasteiger partial charge >= 0.3 is 11.9 Å². The standard InChI is InChI=1S/C10H9BrF3NO2/c1-2-17-9(16)10(13,14)6-3-5(12)4-7(11)8(6)15/h3-4H,2,15H2,1H3. The smallest absolute Gasteiger partial charge is 0.382 e. The van der Waals surface area contributed by atoms with E-state index in [0.717, 1.165) is 6.07 Å². The van der Waals surface area contributed by atoms with Gasteiger partial charge < -0.3 is 10.5 Å². The Balaban J connectivity index is 3.27. The molecule has 0 bridgehead atoms. The van der Waals surface area contributed by atoms with E-state index < -0.39 is 29.0 Å². The third-order valence-corrected chi connectivity index (χ3v) is 2.62. The summed E-state index contributed by atoms with van der Waals surface area (Å²) in [6.45, 7) is 1.18. The van der Waals surface area contributed by atoms with Crippen molar-refractivity contribution in [2.75, 3.05) is 12.3 Å². The van der Waals surface area contributed by atoms with Crippen LogP contribution in [-0.2, 0) is 15.5 Å². The van der Waals surface area contributed by atoms with Crippen molar-refractivity contribution in [2.24, 2.45) is 0 Å². The van der Waals surface area contributed by atoms with Crippen LogP contribution >= 0.6 is 15.9 Å². The molecule has 0 saturated heterocycles. The molecule has 0 radical (unpaired) electrons. The van der Waals surface area contributed by atoms with Crippen molar-refractivity contribution in [3.8, 4) is 0 Å². The lowest BCUT2D eigenvalue weighted by Gasteiger charge is -2.17. The fourth-order valence-corrected chi connectivity index (χ4v) is 1.61. The second-order valence-corrected chi connectivity index (χ2v) is 4.00. The molecular weight excluding hydrogens is 303 g/mol. The van der Waals surface area contributed by atoms with E-state index in [1.165, 1.54) is 6.92 Å². The summed E-state index contributed by atoms with van der Waals surface area (Å²) in [4.78, 5) is 11.1. The van der Waals surface area contributed by atoms with E-state index in [1.54, 1.807) is 0 Å². The van der Waals surface area contributed by atoms with Crippen LogP contribution in [0.25, 0.3) is 0 Å². The lowest BCUT2D eigenvalue weighted by molar-refractivity contribution is -0.173. The Hall–Kier alpha value is -1.24. The van der Waals surface area contributed by atoms with Crippen LogP contribution in [-0.4, -0.2) is 12.6 Å². The van der Waals surface area contributed by atoms with E-state index >= 15 is 0 Å². The Kier molecular flexibility index (Phi) is 4.03. The molecule has 3 nitrogen and oxygen atoms in total. The van der Waals surface area contributed by atoms with Crippen LogP contribution in [0.1, 0.15) is 12.5 Å². The number of nitrogens with two attached hydrogens (primary N) is 1. The molecule has 0 aliphatic rings. The summed E-state index contributed by atoms with van der Waals surface area (Å²) >= 11 is 2.83. The van der Waals surface area contributed by atoms with Crippen molar-refractivity contribution in [1.82, 2.24) is 0 Å². The number of hydrogen-bond acceptors (Lipinski definition) is 3. The third kappa shape index (κ3) is 2.71. The monoisotopic (exact) mass is 311 g/mol. The molecule has 0 saturated carbocycles. The van der Waals surface area contributed by atoms with Gasteiger partial charge in [0.25, 0.3) is 0 Å². The summed E-state index contributed by atoms with van der Waals surface area (Å²) in [5.41, 5.74) is 4.06. The number of carbonyl (C=O) groups is 1. The van der Waals surface area contributed by atoms with Crippen LogP contribution in [0.2, 0.25) is 0 Å². The van der Waals surface area contributed by atoms with Gasteiger partial charge in [0.15, 0.2) is 0 Å². The van der Waals surface area contributed by atoms with Gasteiger partial charge in [-0.3, -0.25) is 0 Å². The van der Waals surface area contributed by atoms with Gasteiger partial charge in [0.05, 0.1) is 17.9 Å². The first-order chi connectivity index (χ1) is 7.80. The van der Waals surface area contributed by atoms with Crippen molar-refractivity contribution in [3.63, 3.8) is 0 Å². The number of alkyl halides is 2. The van der Waals surface area contributed by atoms with Gasteiger partial charge in [0.2, 0.25) is 0 Å². The van der Waals surface area contributed by atoms with Crippen LogP contribution < -0.4 is 5.73 Å². The molecule has 0 fully saturated rings. The molecule has 0 aliphatic heterocycles. The highest BCUT2D eigenvalue weighted by atomic mass is 79.9. The summed E-state index contributed by atoms with van der Waals surface area (Å²) in [5.74, 6) is -6.67. The third-order valence-electron chi connectivity index (χ3n) is 1.96. The molecule has 0 spiro atoms. The highest BCUT2D eigenvalue weighted by Gasteiger charge is 2.45. The van der Waals surface area contributed by atoms with Crippen molar-refractivity contribution < 1.29 is 22.7 Å². The van der Waals surface area contributed by atoms with Crippen molar-refractivity contribution in [1.29, 1.82) is 0 Å². The molecule has 2 N–H and O–H groups in total. The maximum atomic E-state index is 13.6. The van der Waals surface area contributed by atoms with Crippen molar-refractivity contribution in [2.45, 2.75) is 12.8 Å². The quantitative estimate of drug-likeness (QED) is 0.690.